The van der Waals surface area contributed by atoms with Gasteiger partial charge in [0, 0.05) is 25.1 Å². The normalized spacial score (nSPS) is 16.5. The second-order valence-corrected chi connectivity index (χ2v) is 10.8. The number of hydrogen-bond acceptors (Lipinski definition) is 5. The molecule has 4 aromatic rings. The first-order valence-electron chi connectivity index (χ1n) is 13.2. The van der Waals surface area contributed by atoms with Crippen LogP contribution in [0.5, 0.6) is 11.5 Å². The Morgan fingerprint density at radius 3 is 2.25 bits per heavy atom. The molecule has 5 rings (SSSR count). The maximum atomic E-state index is 13.4. The number of nitrogens with one attached hydrogen (secondary N) is 1. The second kappa shape index (κ2) is 12.7. The molecule has 1 aliphatic heterocycles. The van der Waals surface area contributed by atoms with Crippen LogP contribution in [0.3, 0.4) is 0 Å². The van der Waals surface area contributed by atoms with Crippen LogP contribution in [-0.4, -0.2) is 35.1 Å². The van der Waals surface area contributed by atoms with E-state index in [1.165, 1.54) is 35.6 Å². The highest BCUT2D eigenvalue weighted by molar-refractivity contribution is 7.12. The molecule has 0 bridgehead atoms. The van der Waals surface area contributed by atoms with Crippen LogP contribution in [0.25, 0.3) is 0 Å². The number of ketones is 1. The molecule has 1 fully saturated rings. The molecule has 2 atom stereocenters. The number of nitrogens with zero attached hydrogens (tertiary/aromatic N) is 1. The van der Waals surface area contributed by atoms with Crippen molar-refractivity contribution in [2.45, 2.75) is 31.7 Å². The molecule has 2 amide bonds. The van der Waals surface area contributed by atoms with Gasteiger partial charge < -0.3 is 15.0 Å². The van der Waals surface area contributed by atoms with Gasteiger partial charge in [0.15, 0.2) is 5.78 Å². The van der Waals surface area contributed by atoms with Gasteiger partial charge in [0.25, 0.3) is 0 Å². The monoisotopic (exact) mass is 556 g/mol. The zero-order valence-corrected chi connectivity index (χ0v) is 22.6. The van der Waals surface area contributed by atoms with Crippen LogP contribution in [0.1, 0.15) is 34.5 Å². The van der Waals surface area contributed by atoms with Gasteiger partial charge >= 0.3 is 0 Å². The molecule has 0 saturated carbocycles. The maximum absolute atomic E-state index is 13.4. The summed E-state index contributed by atoms with van der Waals surface area (Å²) in [4.78, 5) is 41.5. The van der Waals surface area contributed by atoms with Gasteiger partial charge in [-0.2, -0.15) is 0 Å². The van der Waals surface area contributed by atoms with Crippen molar-refractivity contribution in [2.75, 3.05) is 11.9 Å². The quantitative estimate of drug-likeness (QED) is 0.220. The first-order valence-corrected chi connectivity index (χ1v) is 14.1. The smallest absolute Gasteiger partial charge is 0.247 e. The minimum Gasteiger partial charge on any atom is -0.457 e. The highest BCUT2D eigenvalue weighted by Gasteiger charge is 2.39. The van der Waals surface area contributed by atoms with E-state index in [-0.39, 0.29) is 42.2 Å². The van der Waals surface area contributed by atoms with Crippen molar-refractivity contribution in [3.05, 3.63) is 113 Å². The largest absolute Gasteiger partial charge is 0.457 e. The van der Waals surface area contributed by atoms with E-state index in [9.17, 15) is 18.8 Å². The maximum Gasteiger partial charge on any atom is 0.247 e. The molecular weight excluding hydrogens is 527 g/mol. The van der Waals surface area contributed by atoms with Gasteiger partial charge in [-0.05, 0) is 84.3 Å². The van der Waals surface area contributed by atoms with Gasteiger partial charge in [-0.15, -0.1) is 11.3 Å². The van der Waals surface area contributed by atoms with E-state index >= 15 is 0 Å². The van der Waals surface area contributed by atoms with Gasteiger partial charge in [-0.3, -0.25) is 14.4 Å². The van der Waals surface area contributed by atoms with Crippen molar-refractivity contribution in [2.24, 2.45) is 5.92 Å². The van der Waals surface area contributed by atoms with Gasteiger partial charge in [0.05, 0.1) is 4.88 Å². The molecule has 2 heterocycles. The number of carbonyl (C=O) groups excluding carboxylic acids is 3. The third-order valence-electron chi connectivity index (χ3n) is 6.91. The lowest BCUT2D eigenvalue weighted by molar-refractivity contribution is -0.136. The van der Waals surface area contributed by atoms with Gasteiger partial charge in [0.1, 0.15) is 23.4 Å². The Labute approximate surface area is 236 Å². The molecule has 0 unspecified atom stereocenters. The molecule has 40 heavy (non-hydrogen) atoms. The summed E-state index contributed by atoms with van der Waals surface area (Å²) in [5.41, 5.74) is 1.73. The molecule has 8 heteroatoms. The van der Waals surface area contributed by atoms with E-state index in [2.05, 4.69) is 17.4 Å². The molecule has 1 aromatic heterocycles. The number of carbonyl (C=O) groups is 3. The summed E-state index contributed by atoms with van der Waals surface area (Å²) in [6.07, 6.45) is 1.48. The Morgan fingerprint density at radius 2 is 1.57 bits per heavy atom. The summed E-state index contributed by atoms with van der Waals surface area (Å²) < 4.78 is 18.9. The van der Waals surface area contributed by atoms with Gasteiger partial charge in [-0.25, -0.2) is 4.39 Å². The number of likely N-dealkylation sites (tertiary alicyclic amines) is 1. The van der Waals surface area contributed by atoms with Crippen molar-refractivity contribution in [1.29, 1.82) is 0 Å². The Hall–Kier alpha value is -4.30. The average molecular weight is 557 g/mol. The summed E-state index contributed by atoms with van der Waals surface area (Å²) in [5, 5.41) is 4.77. The summed E-state index contributed by atoms with van der Waals surface area (Å²) in [6.45, 7) is 0.462. The SMILES string of the molecule is O=C(CCC(=O)N1C[C@H](Cc2ccccc2)C[C@H]1C(=O)Nc1ccc(Oc2ccc(F)cc2)cc1)c1cccs1. The van der Waals surface area contributed by atoms with Crippen molar-refractivity contribution in [3.8, 4) is 11.5 Å². The summed E-state index contributed by atoms with van der Waals surface area (Å²) in [7, 11) is 0. The standard InChI is InChI=1S/C32H29FN2O4S/c33-24-8-12-26(13-9-24)39-27-14-10-25(11-15-27)34-32(38)28-20-23(19-22-5-2-1-3-6-22)21-35(28)31(37)17-16-29(36)30-7-4-18-40-30/h1-15,18,23,28H,16-17,19-21H2,(H,34,38)/t23-,28+/m1/s1. The fourth-order valence-corrected chi connectivity index (χ4v) is 5.63. The van der Waals surface area contributed by atoms with E-state index in [0.717, 1.165) is 12.0 Å². The van der Waals surface area contributed by atoms with Crippen molar-refractivity contribution in [3.63, 3.8) is 0 Å². The van der Waals surface area contributed by atoms with E-state index < -0.39 is 6.04 Å². The fourth-order valence-electron chi connectivity index (χ4n) is 4.94. The molecule has 1 N–H and O–H groups in total. The summed E-state index contributed by atoms with van der Waals surface area (Å²) in [6, 6.07) is 25.6. The number of rotatable bonds is 10. The second-order valence-electron chi connectivity index (χ2n) is 9.82. The van der Waals surface area contributed by atoms with Crippen molar-refractivity contribution < 1.29 is 23.5 Å². The molecule has 1 aliphatic rings. The zero-order chi connectivity index (χ0) is 27.9. The molecule has 1 saturated heterocycles. The van der Waals surface area contributed by atoms with Crippen LogP contribution >= 0.6 is 11.3 Å². The Bertz CT molecular complexity index is 1440. The van der Waals surface area contributed by atoms with E-state index in [4.69, 9.17) is 4.74 Å². The molecule has 0 radical (unpaired) electrons. The molecule has 204 valence electrons. The lowest BCUT2D eigenvalue weighted by Crippen LogP contribution is -2.43. The minimum absolute atomic E-state index is 0.0627. The lowest BCUT2D eigenvalue weighted by Gasteiger charge is -2.24. The van der Waals surface area contributed by atoms with Crippen molar-refractivity contribution >= 4 is 34.6 Å². The Kier molecular flexibility index (Phi) is 8.66. The van der Waals surface area contributed by atoms with Gasteiger partial charge in [0.2, 0.25) is 11.8 Å². The number of thiophene rings is 1. The Balaban J connectivity index is 1.24. The Morgan fingerprint density at radius 1 is 0.875 bits per heavy atom. The van der Waals surface area contributed by atoms with Crippen LogP contribution < -0.4 is 10.1 Å². The fraction of sp³-hybridized carbons (Fsp3) is 0.219. The van der Waals surface area contributed by atoms with E-state index in [0.29, 0.717) is 35.0 Å². The molecule has 0 spiro atoms. The topological polar surface area (TPSA) is 75.7 Å². The third-order valence-corrected chi connectivity index (χ3v) is 7.82. The summed E-state index contributed by atoms with van der Waals surface area (Å²) in [5.74, 6) is 0.309. The predicted molar refractivity (Wildman–Crippen MR) is 153 cm³/mol. The molecule has 6 nitrogen and oxygen atoms in total. The van der Waals surface area contributed by atoms with E-state index in [1.807, 2.05) is 29.6 Å². The molecule has 3 aromatic carbocycles. The van der Waals surface area contributed by atoms with Crippen LogP contribution in [0.15, 0.2) is 96.4 Å². The first kappa shape index (κ1) is 27.3. The van der Waals surface area contributed by atoms with Crippen LogP contribution in [0.2, 0.25) is 0 Å². The number of ether oxygens (including phenoxy) is 1. The summed E-state index contributed by atoms with van der Waals surface area (Å²) >= 11 is 1.36. The third kappa shape index (κ3) is 7.01. The number of anilines is 1. The number of benzene rings is 3. The molecule has 0 aliphatic carbocycles. The number of hydrogen-bond donors (Lipinski definition) is 1. The highest BCUT2D eigenvalue weighted by atomic mass is 32.1. The molecular formula is C32H29FN2O4S. The average Bonchev–Trinajstić information content (AvgIpc) is 3.66. The van der Waals surface area contributed by atoms with E-state index in [1.54, 1.807) is 35.2 Å². The van der Waals surface area contributed by atoms with Crippen LogP contribution in [-0.2, 0) is 16.0 Å². The zero-order valence-electron chi connectivity index (χ0n) is 21.8. The first-order chi connectivity index (χ1) is 19.4. The van der Waals surface area contributed by atoms with Crippen LogP contribution in [0.4, 0.5) is 10.1 Å². The number of amides is 2. The number of Topliss-reactive ketones (excluding diaryl/α,β-unsaturated/α-hetero) is 1. The van der Waals surface area contributed by atoms with Crippen LogP contribution in [0, 0.1) is 11.7 Å². The number of halogens is 1. The lowest BCUT2D eigenvalue weighted by atomic mass is 9.96. The highest BCUT2D eigenvalue weighted by Crippen LogP contribution is 2.29. The predicted octanol–water partition coefficient (Wildman–Crippen LogP) is 6.74. The van der Waals surface area contributed by atoms with Crippen molar-refractivity contribution in [1.82, 2.24) is 4.90 Å². The van der Waals surface area contributed by atoms with Gasteiger partial charge in [-0.1, -0.05) is 36.4 Å². The minimum atomic E-state index is -0.631.